The lowest BCUT2D eigenvalue weighted by atomic mass is 10.1. The predicted molar refractivity (Wildman–Crippen MR) is 98.8 cm³/mol. The standard InChI is InChI=1S/C19H29N3O3/c1-15-6-4-7-17(16(15)2)22-12-10-21(11-13-22)14-18(23)20-9-5-8-19(24)25-3/h4,6-7H,5,8-14H2,1-3H3,(H,20,23). The largest absolute Gasteiger partial charge is 0.469 e. The van der Waals surface area contributed by atoms with E-state index in [4.69, 9.17) is 0 Å². The van der Waals surface area contributed by atoms with Gasteiger partial charge in [-0.15, -0.1) is 0 Å². The molecule has 0 bridgehead atoms. The lowest BCUT2D eigenvalue weighted by Gasteiger charge is -2.36. The molecule has 1 N–H and O–H groups in total. The number of nitrogens with one attached hydrogen (secondary N) is 1. The summed E-state index contributed by atoms with van der Waals surface area (Å²) in [6, 6.07) is 6.41. The fourth-order valence-electron chi connectivity index (χ4n) is 3.05. The number of hydrogen-bond donors (Lipinski definition) is 1. The van der Waals surface area contributed by atoms with Crippen molar-refractivity contribution in [1.82, 2.24) is 10.2 Å². The van der Waals surface area contributed by atoms with E-state index in [-0.39, 0.29) is 11.9 Å². The van der Waals surface area contributed by atoms with E-state index in [0.29, 0.717) is 25.9 Å². The van der Waals surface area contributed by atoms with Gasteiger partial charge in [-0.25, -0.2) is 0 Å². The maximum atomic E-state index is 12.0. The van der Waals surface area contributed by atoms with Crippen LogP contribution in [0.1, 0.15) is 24.0 Å². The Labute approximate surface area is 150 Å². The molecular weight excluding hydrogens is 318 g/mol. The number of amides is 1. The molecule has 1 aromatic carbocycles. The number of benzene rings is 1. The van der Waals surface area contributed by atoms with E-state index in [9.17, 15) is 9.59 Å². The molecule has 0 radical (unpaired) electrons. The van der Waals surface area contributed by atoms with E-state index in [1.54, 1.807) is 0 Å². The molecule has 0 saturated carbocycles. The molecule has 1 saturated heterocycles. The van der Waals surface area contributed by atoms with Crippen LogP contribution in [0.25, 0.3) is 0 Å². The van der Waals surface area contributed by atoms with Crippen LogP contribution < -0.4 is 10.2 Å². The smallest absolute Gasteiger partial charge is 0.305 e. The number of rotatable bonds is 7. The molecule has 6 heteroatoms. The fraction of sp³-hybridized carbons (Fsp3) is 0.579. The van der Waals surface area contributed by atoms with Crippen molar-refractivity contribution in [3.05, 3.63) is 29.3 Å². The zero-order chi connectivity index (χ0) is 18.2. The number of hydrogen-bond acceptors (Lipinski definition) is 5. The first-order chi connectivity index (χ1) is 12.0. The van der Waals surface area contributed by atoms with E-state index in [0.717, 1.165) is 26.2 Å². The maximum Gasteiger partial charge on any atom is 0.305 e. The van der Waals surface area contributed by atoms with Gasteiger partial charge in [0.05, 0.1) is 13.7 Å². The van der Waals surface area contributed by atoms with Gasteiger partial charge in [0.15, 0.2) is 0 Å². The molecule has 2 rings (SSSR count). The average molecular weight is 347 g/mol. The lowest BCUT2D eigenvalue weighted by Crippen LogP contribution is -2.49. The first-order valence-corrected chi connectivity index (χ1v) is 8.88. The van der Waals surface area contributed by atoms with Gasteiger partial charge in [0, 0.05) is 44.8 Å². The summed E-state index contributed by atoms with van der Waals surface area (Å²) in [4.78, 5) is 27.6. The molecule has 138 valence electrons. The highest BCUT2D eigenvalue weighted by Crippen LogP contribution is 2.23. The van der Waals surface area contributed by atoms with Gasteiger partial charge >= 0.3 is 5.97 Å². The van der Waals surface area contributed by atoms with Gasteiger partial charge in [-0.1, -0.05) is 12.1 Å². The van der Waals surface area contributed by atoms with Crippen molar-refractivity contribution in [2.45, 2.75) is 26.7 Å². The number of methoxy groups -OCH3 is 1. The van der Waals surface area contributed by atoms with E-state index in [2.05, 4.69) is 51.9 Å². The molecule has 0 atom stereocenters. The highest BCUT2D eigenvalue weighted by molar-refractivity contribution is 5.78. The van der Waals surface area contributed by atoms with Crippen LogP contribution in [0, 0.1) is 13.8 Å². The van der Waals surface area contributed by atoms with Crippen molar-refractivity contribution in [2.75, 3.05) is 51.3 Å². The molecule has 1 heterocycles. The van der Waals surface area contributed by atoms with Gasteiger partial charge in [0.1, 0.15) is 0 Å². The van der Waals surface area contributed by atoms with Crippen molar-refractivity contribution < 1.29 is 14.3 Å². The Bertz CT molecular complexity index is 596. The van der Waals surface area contributed by atoms with Crippen molar-refractivity contribution in [3.63, 3.8) is 0 Å². The van der Waals surface area contributed by atoms with Crippen LogP contribution in [0.5, 0.6) is 0 Å². The number of piperazine rings is 1. The van der Waals surface area contributed by atoms with Crippen LogP contribution in [-0.4, -0.2) is 63.2 Å². The second-order valence-electron chi connectivity index (χ2n) is 6.51. The average Bonchev–Trinajstić information content (AvgIpc) is 2.61. The highest BCUT2D eigenvalue weighted by Gasteiger charge is 2.20. The molecule has 0 spiro atoms. The summed E-state index contributed by atoms with van der Waals surface area (Å²) >= 11 is 0. The van der Waals surface area contributed by atoms with Crippen LogP contribution in [0.4, 0.5) is 5.69 Å². The minimum Gasteiger partial charge on any atom is -0.469 e. The molecule has 1 aromatic rings. The lowest BCUT2D eigenvalue weighted by molar-refractivity contribution is -0.140. The van der Waals surface area contributed by atoms with E-state index < -0.39 is 0 Å². The summed E-state index contributed by atoms with van der Waals surface area (Å²) in [7, 11) is 1.37. The summed E-state index contributed by atoms with van der Waals surface area (Å²) in [5.41, 5.74) is 3.94. The van der Waals surface area contributed by atoms with Crippen molar-refractivity contribution in [3.8, 4) is 0 Å². The first-order valence-electron chi connectivity index (χ1n) is 8.88. The number of ether oxygens (including phenoxy) is 1. The third-order valence-corrected chi connectivity index (χ3v) is 4.76. The third kappa shape index (κ3) is 5.74. The molecule has 0 aliphatic carbocycles. The minimum absolute atomic E-state index is 0.0186. The Kier molecular flexibility index (Phi) is 7.25. The number of nitrogens with zero attached hydrogens (tertiary/aromatic N) is 2. The Morgan fingerprint density at radius 2 is 1.88 bits per heavy atom. The van der Waals surface area contributed by atoms with Gasteiger partial charge in [-0.2, -0.15) is 0 Å². The molecule has 1 amide bonds. The van der Waals surface area contributed by atoms with E-state index >= 15 is 0 Å². The monoisotopic (exact) mass is 347 g/mol. The Balaban J connectivity index is 1.70. The van der Waals surface area contributed by atoms with Gasteiger partial charge in [-0.05, 0) is 37.5 Å². The summed E-state index contributed by atoms with van der Waals surface area (Å²) in [5, 5.41) is 2.87. The summed E-state index contributed by atoms with van der Waals surface area (Å²) in [5.74, 6) is -0.220. The predicted octanol–water partition coefficient (Wildman–Crippen LogP) is 1.49. The van der Waals surface area contributed by atoms with E-state index in [1.165, 1.54) is 23.9 Å². The number of anilines is 1. The highest BCUT2D eigenvalue weighted by atomic mass is 16.5. The van der Waals surface area contributed by atoms with E-state index in [1.807, 2.05) is 0 Å². The quantitative estimate of drug-likeness (QED) is 0.598. The molecule has 25 heavy (non-hydrogen) atoms. The Morgan fingerprint density at radius 1 is 1.16 bits per heavy atom. The van der Waals surface area contributed by atoms with Gasteiger partial charge in [0.2, 0.25) is 5.91 Å². The van der Waals surface area contributed by atoms with Crippen LogP contribution in [-0.2, 0) is 14.3 Å². The molecule has 0 aromatic heterocycles. The number of aryl methyl sites for hydroxylation is 1. The van der Waals surface area contributed by atoms with Crippen molar-refractivity contribution in [1.29, 1.82) is 0 Å². The van der Waals surface area contributed by atoms with Crippen LogP contribution >= 0.6 is 0 Å². The third-order valence-electron chi connectivity index (χ3n) is 4.76. The second-order valence-corrected chi connectivity index (χ2v) is 6.51. The Morgan fingerprint density at radius 3 is 2.56 bits per heavy atom. The van der Waals surface area contributed by atoms with Crippen LogP contribution in [0.2, 0.25) is 0 Å². The summed E-state index contributed by atoms with van der Waals surface area (Å²) < 4.78 is 4.58. The van der Waals surface area contributed by atoms with Crippen molar-refractivity contribution in [2.24, 2.45) is 0 Å². The van der Waals surface area contributed by atoms with Gasteiger partial charge in [-0.3, -0.25) is 14.5 Å². The molecular formula is C19H29N3O3. The molecule has 0 unspecified atom stereocenters. The maximum absolute atomic E-state index is 12.0. The van der Waals surface area contributed by atoms with Gasteiger partial charge in [0.25, 0.3) is 0 Å². The van der Waals surface area contributed by atoms with Crippen molar-refractivity contribution >= 4 is 17.6 Å². The molecule has 1 aliphatic rings. The molecule has 1 fully saturated rings. The topological polar surface area (TPSA) is 61.9 Å². The first kappa shape index (κ1) is 19.2. The SMILES string of the molecule is COC(=O)CCCNC(=O)CN1CCN(c2cccc(C)c2C)CC1. The van der Waals surface area contributed by atoms with Gasteiger partial charge < -0.3 is 15.0 Å². The molecule has 6 nitrogen and oxygen atoms in total. The van der Waals surface area contributed by atoms with Crippen LogP contribution in [0.3, 0.4) is 0 Å². The Hall–Kier alpha value is -2.08. The normalized spacial score (nSPS) is 15.1. The summed E-state index contributed by atoms with van der Waals surface area (Å²) in [6.07, 6.45) is 0.949. The second kappa shape index (κ2) is 9.42. The minimum atomic E-state index is -0.239. The molecule has 1 aliphatic heterocycles. The number of esters is 1. The zero-order valence-electron chi connectivity index (χ0n) is 15.5. The number of carbonyl (C=O) groups is 2. The van der Waals surface area contributed by atoms with Crippen LogP contribution in [0.15, 0.2) is 18.2 Å². The number of carbonyl (C=O) groups excluding carboxylic acids is 2. The summed E-state index contributed by atoms with van der Waals surface area (Å²) in [6.45, 7) is 8.85. The fourth-order valence-corrected chi connectivity index (χ4v) is 3.05. The zero-order valence-corrected chi connectivity index (χ0v) is 15.5.